The van der Waals surface area contributed by atoms with Crippen LogP contribution in [-0.2, 0) is 10.9 Å². The Kier molecular flexibility index (Phi) is 4.70. The molecule has 2 atom stereocenters. The molecule has 1 aromatic rings. The van der Waals surface area contributed by atoms with Crippen molar-refractivity contribution in [3.05, 3.63) is 35.4 Å². The van der Waals surface area contributed by atoms with Crippen LogP contribution in [-0.4, -0.2) is 17.8 Å². The summed E-state index contributed by atoms with van der Waals surface area (Å²) < 4.78 is 43.3. The zero-order chi connectivity index (χ0) is 14.8. The monoisotopic (exact) mass is 288 g/mol. The van der Waals surface area contributed by atoms with Gasteiger partial charge in [-0.2, -0.15) is 13.2 Å². The standard InChI is InChI=1S/C15H19F3O2/c1-2-13(19)9-20-14(10-3-4-10)11-5-7-12(8-6-11)15(16,17)18/h5-8,10,13-14,19H,2-4,9H2,1H3/t13-,14?/m1/s1. The van der Waals surface area contributed by atoms with E-state index in [4.69, 9.17) is 4.74 Å². The first-order valence-electron chi connectivity index (χ1n) is 6.88. The number of hydrogen-bond donors (Lipinski definition) is 1. The van der Waals surface area contributed by atoms with Crippen molar-refractivity contribution in [2.75, 3.05) is 6.61 Å². The lowest BCUT2D eigenvalue weighted by molar-refractivity contribution is -0.137. The Morgan fingerprint density at radius 3 is 2.30 bits per heavy atom. The fourth-order valence-electron chi connectivity index (χ4n) is 2.10. The fourth-order valence-corrected chi connectivity index (χ4v) is 2.10. The molecule has 1 saturated carbocycles. The first kappa shape index (κ1) is 15.3. The highest BCUT2D eigenvalue weighted by atomic mass is 19.4. The summed E-state index contributed by atoms with van der Waals surface area (Å²) in [7, 11) is 0. The number of ether oxygens (including phenoxy) is 1. The number of halogens is 3. The van der Waals surface area contributed by atoms with Crippen molar-refractivity contribution < 1.29 is 23.0 Å². The van der Waals surface area contributed by atoms with Gasteiger partial charge in [0.25, 0.3) is 0 Å². The van der Waals surface area contributed by atoms with Crippen LogP contribution < -0.4 is 0 Å². The van der Waals surface area contributed by atoms with Gasteiger partial charge in [0.2, 0.25) is 0 Å². The lowest BCUT2D eigenvalue weighted by Gasteiger charge is -2.20. The Labute approximate surface area is 116 Å². The molecule has 2 nitrogen and oxygen atoms in total. The molecule has 1 unspecified atom stereocenters. The van der Waals surface area contributed by atoms with Crippen LogP contribution in [0.4, 0.5) is 13.2 Å². The van der Waals surface area contributed by atoms with E-state index in [1.165, 1.54) is 12.1 Å². The van der Waals surface area contributed by atoms with Gasteiger partial charge in [0, 0.05) is 0 Å². The van der Waals surface area contributed by atoms with E-state index in [1.54, 1.807) is 0 Å². The van der Waals surface area contributed by atoms with Crippen LogP contribution in [0, 0.1) is 5.92 Å². The Balaban J connectivity index is 2.06. The highest BCUT2D eigenvalue weighted by Gasteiger charge is 2.35. The minimum atomic E-state index is -4.31. The van der Waals surface area contributed by atoms with Gasteiger partial charge < -0.3 is 9.84 Å². The number of benzene rings is 1. The van der Waals surface area contributed by atoms with Crippen LogP contribution in [0.5, 0.6) is 0 Å². The first-order chi connectivity index (χ1) is 9.41. The summed E-state index contributed by atoms with van der Waals surface area (Å²) in [5.74, 6) is 0.357. The van der Waals surface area contributed by atoms with Gasteiger partial charge in [0.1, 0.15) is 0 Å². The maximum atomic E-state index is 12.5. The average molecular weight is 288 g/mol. The second kappa shape index (κ2) is 6.14. The molecule has 0 heterocycles. The van der Waals surface area contributed by atoms with Crippen molar-refractivity contribution in [1.82, 2.24) is 0 Å². The molecule has 1 fully saturated rings. The molecular weight excluding hydrogens is 269 g/mol. The van der Waals surface area contributed by atoms with E-state index in [1.807, 2.05) is 6.92 Å². The van der Waals surface area contributed by atoms with Crippen LogP contribution in [0.15, 0.2) is 24.3 Å². The molecule has 1 aromatic carbocycles. The molecule has 0 aliphatic heterocycles. The van der Waals surface area contributed by atoms with E-state index >= 15 is 0 Å². The fraction of sp³-hybridized carbons (Fsp3) is 0.600. The zero-order valence-electron chi connectivity index (χ0n) is 11.4. The summed E-state index contributed by atoms with van der Waals surface area (Å²) in [6.45, 7) is 2.08. The SMILES string of the molecule is CC[C@@H](O)COC(c1ccc(C(F)(F)F)cc1)C1CC1. The van der Waals surface area contributed by atoms with E-state index in [0.717, 1.165) is 30.5 Å². The molecule has 5 heteroatoms. The zero-order valence-corrected chi connectivity index (χ0v) is 11.4. The van der Waals surface area contributed by atoms with Gasteiger partial charge in [0.15, 0.2) is 0 Å². The molecule has 1 N–H and O–H groups in total. The van der Waals surface area contributed by atoms with E-state index < -0.39 is 17.8 Å². The van der Waals surface area contributed by atoms with Gasteiger partial charge in [-0.15, -0.1) is 0 Å². The predicted octanol–water partition coefficient (Wildman–Crippen LogP) is 3.94. The van der Waals surface area contributed by atoms with Gasteiger partial charge in [-0.25, -0.2) is 0 Å². The van der Waals surface area contributed by atoms with Gasteiger partial charge in [-0.3, -0.25) is 0 Å². The minimum absolute atomic E-state index is 0.210. The van der Waals surface area contributed by atoms with Crippen molar-refractivity contribution >= 4 is 0 Å². The number of aliphatic hydroxyl groups is 1. The summed E-state index contributed by atoms with van der Waals surface area (Å²) in [5.41, 5.74) is 0.105. The second-order valence-electron chi connectivity index (χ2n) is 5.27. The third-order valence-corrected chi connectivity index (χ3v) is 3.56. The van der Waals surface area contributed by atoms with Crippen molar-refractivity contribution in [3.8, 4) is 0 Å². The average Bonchev–Trinajstić information content (AvgIpc) is 3.23. The van der Waals surface area contributed by atoms with Crippen LogP contribution in [0.2, 0.25) is 0 Å². The topological polar surface area (TPSA) is 29.5 Å². The molecule has 2 rings (SSSR count). The quantitative estimate of drug-likeness (QED) is 0.859. The van der Waals surface area contributed by atoms with E-state index in [0.29, 0.717) is 12.3 Å². The van der Waals surface area contributed by atoms with E-state index in [2.05, 4.69) is 0 Å². The highest BCUT2D eigenvalue weighted by Crippen LogP contribution is 2.43. The second-order valence-corrected chi connectivity index (χ2v) is 5.27. The molecule has 0 spiro atoms. The van der Waals surface area contributed by atoms with Gasteiger partial charge >= 0.3 is 6.18 Å². The Morgan fingerprint density at radius 2 is 1.85 bits per heavy atom. The molecule has 0 bridgehead atoms. The van der Waals surface area contributed by atoms with Crippen LogP contribution in [0.25, 0.3) is 0 Å². The smallest absolute Gasteiger partial charge is 0.391 e. The maximum absolute atomic E-state index is 12.5. The number of hydrogen-bond acceptors (Lipinski definition) is 2. The maximum Gasteiger partial charge on any atom is 0.416 e. The van der Waals surface area contributed by atoms with Crippen molar-refractivity contribution in [3.63, 3.8) is 0 Å². The summed E-state index contributed by atoms with van der Waals surface area (Å²) in [6, 6.07) is 5.13. The molecule has 20 heavy (non-hydrogen) atoms. The lowest BCUT2D eigenvalue weighted by atomic mass is 10.0. The Bertz CT molecular complexity index is 424. The normalized spacial score (nSPS) is 18.9. The number of alkyl halides is 3. The molecule has 0 saturated heterocycles. The molecule has 1 aliphatic carbocycles. The molecule has 0 amide bonds. The summed E-state index contributed by atoms with van der Waals surface area (Å²) >= 11 is 0. The minimum Gasteiger partial charge on any atom is -0.391 e. The number of aliphatic hydroxyl groups excluding tert-OH is 1. The molecule has 0 radical (unpaired) electrons. The van der Waals surface area contributed by atoms with Crippen molar-refractivity contribution in [2.24, 2.45) is 5.92 Å². The predicted molar refractivity (Wildman–Crippen MR) is 69.2 cm³/mol. The molecular formula is C15H19F3O2. The molecule has 0 aromatic heterocycles. The van der Waals surface area contributed by atoms with Crippen LogP contribution in [0.1, 0.15) is 43.4 Å². The summed E-state index contributed by atoms with van der Waals surface area (Å²) in [4.78, 5) is 0. The highest BCUT2D eigenvalue weighted by molar-refractivity contribution is 5.27. The third kappa shape index (κ3) is 3.96. The summed E-state index contributed by atoms with van der Waals surface area (Å²) in [5, 5.41) is 9.53. The lowest BCUT2D eigenvalue weighted by Crippen LogP contribution is -2.18. The molecule has 112 valence electrons. The van der Waals surface area contributed by atoms with E-state index in [9.17, 15) is 18.3 Å². The Morgan fingerprint density at radius 1 is 1.25 bits per heavy atom. The Hall–Kier alpha value is -1.07. The summed E-state index contributed by atoms with van der Waals surface area (Å²) in [6.07, 6.45) is -2.40. The number of rotatable bonds is 6. The van der Waals surface area contributed by atoms with Crippen LogP contribution >= 0.6 is 0 Å². The van der Waals surface area contributed by atoms with Crippen molar-refractivity contribution in [1.29, 1.82) is 0 Å². The van der Waals surface area contributed by atoms with E-state index in [-0.39, 0.29) is 12.7 Å². The van der Waals surface area contributed by atoms with Gasteiger partial charge in [-0.1, -0.05) is 19.1 Å². The van der Waals surface area contributed by atoms with Crippen LogP contribution in [0.3, 0.4) is 0 Å². The first-order valence-corrected chi connectivity index (χ1v) is 6.88. The molecule has 1 aliphatic rings. The van der Waals surface area contributed by atoms with Gasteiger partial charge in [0.05, 0.1) is 24.4 Å². The third-order valence-electron chi connectivity index (χ3n) is 3.56. The van der Waals surface area contributed by atoms with Gasteiger partial charge in [-0.05, 0) is 42.9 Å². The largest absolute Gasteiger partial charge is 0.416 e. The van der Waals surface area contributed by atoms with Crippen molar-refractivity contribution in [2.45, 2.75) is 44.6 Å².